The van der Waals surface area contributed by atoms with Gasteiger partial charge in [0.25, 0.3) is 0 Å². The number of aliphatic hydroxyl groups excluding tert-OH is 4. The molecule has 0 aliphatic rings. The number of carbonyl (C=O) groups is 1. The summed E-state index contributed by atoms with van der Waals surface area (Å²) in [7, 11) is 0. The number of ketones is 1. The minimum atomic E-state index is -2.02. The minimum absolute atomic E-state index is 0.899. The first-order chi connectivity index (χ1) is 6.40. The third-order valence-corrected chi connectivity index (χ3v) is 1.54. The van der Waals surface area contributed by atoms with Crippen LogP contribution < -0.4 is 0 Å². The molecule has 0 rings (SSSR count). The molecule has 0 heterocycles. The maximum absolute atomic E-state index is 10.6. The Morgan fingerprint density at radius 3 is 2.21 bits per heavy atom. The van der Waals surface area contributed by atoms with E-state index in [1.54, 1.807) is 0 Å². The van der Waals surface area contributed by atoms with Gasteiger partial charge in [0.05, 0.1) is 0 Å². The molecular formula is C6H11NO7. The van der Waals surface area contributed by atoms with E-state index in [-0.39, 0.29) is 0 Å². The standard InChI is InChI=1S/C6H11NO7/c8-2-4(10)6(12)5(11)3(9)1-7(13)14/h3,5-6,8-9,11-12H,1-2H2/t3-,5-,6-/m1/s1. The second kappa shape index (κ2) is 5.60. The van der Waals surface area contributed by atoms with Crippen LogP contribution in [0.3, 0.4) is 0 Å². The van der Waals surface area contributed by atoms with Gasteiger partial charge in [-0.2, -0.15) is 0 Å². The summed E-state index contributed by atoms with van der Waals surface area (Å²) in [6, 6.07) is 0. The molecule has 14 heavy (non-hydrogen) atoms. The van der Waals surface area contributed by atoms with Gasteiger partial charge in [-0.1, -0.05) is 0 Å². The summed E-state index contributed by atoms with van der Waals surface area (Å²) in [4.78, 5) is 19.6. The average Bonchev–Trinajstić information content (AvgIpc) is 2.13. The quantitative estimate of drug-likeness (QED) is 0.268. The van der Waals surface area contributed by atoms with Crippen LogP contribution >= 0.6 is 0 Å². The van der Waals surface area contributed by atoms with Crippen molar-refractivity contribution in [3.8, 4) is 0 Å². The summed E-state index contributed by atoms with van der Waals surface area (Å²) in [5, 5.41) is 45.0. The van der Waals surface area contributed by atoms with E-state index >= 15 is 0 Å². The highest BCUT2D eigenvalue weighted by molar-refractivity contribution is 5.84. The van der Waals surface area contributed by atoms with Gasteiger partial charge in [0.1, 0.15) is 24.9 Å². The molecule has 0 aliphatic carbocycles. The van der Waals surface area contributed by atoms with Crippen LogP contribution in [-0.4, -0.2) is 62.6 Å². The average molecular weight is 209 g/mol. The van der Waals surface area contributed by atoms with Gasteiger partial charge in [0.15, 0.2) is 5.78 Å². The number of hydrogen-bond donors (Lipinski definition) is 4. The van der Waals surface area contributed by atoms with E-state index in [2.05, 4.69) is 0 Å². The van der Waals surface area contributed by atoms with Gasteiger partial charge in [-0.3, -0.25) is 14.9 Å². The summed E-state index contributed by atoms with van der Waals surface area (Å²) >= 11 is 0. The van der Waals surface area contributed by atoms with E-state index in [4.69, 9.17) is 20.4 Å². The van der Waals surface area contributed by atoms with Crippen LogP contribution in [0.25, 0.3) is 0 Å². The van der Waals surface area contributed by atoms with Crippen molar-refractivity contribution in [1.82, 2.24) is 0 Å². The van der Waals surface area contributed by atoms with Gasteiger partial charge in [0, 0.05) is 4.92 Å². The fourth-order valence-corrected chi connectivity index (χ4v) is 0.755. The molecule has 4 N–H and O–H groups in total. The topological polar surface area (TPSA) is 141 Å². The van der Waals surface area contributed by atoms with E-state index < -0.39 is 42.2 Å². The maximum Gasteiger partial charge on any atom is 0.232 e. The number of aliphatic hydroxyl groups is 4. The molecule has 82 valence electrons. The number of carbonyl (C=O) groups excluding carboxylic acids is 1. The Balaban J connectivity index is 4.22. The predicted octanol–water partition coefficient (Wildman–Crippen LogP) is -3.09. The first kappa shape index (κ1) is 12.9. The molecule has 0 spiro atoms. The second-order valence-corrected chi connectivity index (χ2v) is 2.64. The van der Waals surface area contributed by atoms with Crippen LogP contribution in [0.4, 0.5) is 0 Å². The highest BCUT2D eigenvalue weighted by atomic mass is 16.6. The number of Topliss-reactive ketones (excluding diaryl/α,β-unsaturated/α-hetero) is 1. The Morgan fingerprint density at radius 1 is 1.36 bits per heavy atom. The molecule has 0 fully saturated rings. The van der Waals surface area contributed by atoms with Crippen molar-refractivity contribution in [3.63, 3.8) is 0 Å². The van der Waals surface area contributed by atoms with E-state index in [0.717, 1.165) is 0 Å². The first-order valence-electron chi connectivity index (χ1n) is 3.69. The third-order valence-electron chi connectivity index (χ3n) is 1.54. The van der Waals surface area contributed by atoms with E-state index in [1.807, 2.05) is 0 Å². The molecule has 8 heteroatoms. The van der Waals surface area contributed by atoms with Crippen molar-refractivity contribution in [2.45, 2.75) is 18.3 Å². The molecule has 0 bridgehead atoms. The zero-order valence-electron chi connectivity index (χ0n) is 7.11. The molecule has 0 aromatic rings. The second-order valence-electron chi connectivity index (χ2n) is 2.64. The molecule has 0 amide bonds. The Labute approximate surface area is 78.6 Å². The van der Waals surface area contributed by atoms with E-state index in [9.17, 15) is 14.9 Å². The predicted molar refractivity (Wildman–Crippen MR) is 42.0 cm³/mol. The molecule has 0 aromatic heterocycles. The number of rotatable bonds is 6. The number of nitro groups is 1. The summed E-state index contributed by atoms with van der Waals surface area (Å²) in [5.41, 5.74) is 0. The third kappa shape index (κ3) is 3.75. The molecule has 0 aliphatic heterocycles. The van der Waals surface area contributed by atoms with Crippen molar-refractivity contribution in [1.29, 1.82) is 0 Å². The van der Waals surface area contributed by atoms with Crippen LogP contribution in [0.2, 0.25) is 0 Å². The molecule has 0 radical (unpaired) electrons. The van der Waals surface area contributed by atoms with Crippen molar-refractivity contribution in [2.75, 3.05) is 13.2 Å². The van der Waals surface area contributed by atoms with Crippen LogP contribution in [-0.2, 0) is 4.79 Å². The largest absolute Gasteiger partial charge is 0.388 e. The normalized spacial score (nSPS) is 17.1. The zero-order chi connectivity index (χ0) is 11.3. The Hall–Kier alpha value is -1.09. The van der Waals surface area contributed by atoms with E-state index in [1.165, 1.54) is 0 Å². The molecule has 0 unspecified atom stereocenters. The lowest BCUT2D eigenvalue weighted by molar-refractivity contribution is -0.493. The van der Waals surface area contributed by atoms with Crippen molar-refractivity contribution in [2.24, 2.45) is 0 Å². The fourth-order valence-electron chi connectivity index (χ4n) is 0.755. The molecule has 0 aromatic carbocycles. The van der Waals surface area contributed by atoms with Crippen LogP contribution in [0.15, 0.2) is 0 Å². The summed E-state index contributed by atoms with van der Waals surface area (Å²) in [6.45, 7) is -2.00. The number of nitrogens with zero attached hydrogens (tertiary/aromatic N) is 1. The van der Waals surface area contributed by atoms with Crippen molar-refractivity contribution in [3.05, 3.63) is 10.1 Å². The van der Waals surface area contributed by atoms with Gasteiger partial charge >= 0.3 is 0 Å². The fraction of sp³-hybridized carbons (Fsp3) is 0.833. The Kier molecular flexibility index (Phi) is 5.16. The molecule has 8 nitrogen and oxygen atoms in total. The Bertz CT molecular complexity index is 218. The lowest BCUT2D eigenvalue weighted by Gasteiger charge is -2.18. The molecule has 0 saturated heterocycles. The van der Waals surface area contributed by atoms with Gasteiger partial charge in [0.2, 0.25) is 6.54 Å². The highest BCUT2D eigenvalue weighted by Crippen LogP contribution is 2.01. The molecule has 0 saturated carbocycles. The summed E-state index contributed by atoms with van der Waals surface area (Å²) in [5.74, 6) is -1.11. The molecular weight excluding hydrogens is 198 g/mol. The monoisotopic (exact) mass is 209 g/mol. The Morgan fingerprint density at radius 2 is 1.86 bits per heavy atom. The minimum Gasteiger partial charge on any atom is -0.388 e. The van der Waals surface area contributed by atoms with Gasteiger partial charge in [-0.25, -0.2) is 0 Å². The summed E-state index contributed by atoms with van der Waals surface area (Å²) in [6.07, 6.45) is -5.84. The van der Waals surface area contributed by atoms with Crippen LogP contribution in [0.5, 0.6) is 0 Å². The van der Waals surface area contributed by atoms with Gasteiger partial charge in [-0.05, 0) is 0 Å². The van der Waals surface area contributed by atoms with Gasteiger partial charge < -0.3 is 20.4 Å². The zero-order valence-corrected chi connectivity index (χ0v) is 7.11. The number of hydrogen-bond acceptors (Lipinski definition) is 7. The van der Waals surface area contributed by atoms with Crippen molar-refractivity contribution < 1.29 is 30.1 Å². The highest BCUT2D eigenvalue weighted by Gasteiger charge is 2.32. The summed E-state index contributed by atoms with van der Waals surface area (Å²) < 4.78 is 0. The van der Waals surface area contributed by atoms with Gasteiger partial charge in [-0.15, -0.1) is 0 Å². The first-order valence-corrected chi connectivity index (χ1v) is 3.69. The van der Waals surface area contributed by atoms with Crippen LogP contribution in [0, 0.1) is 10.1 Å². The maximum atomic E-state index is 10.6. The SMILES string of the molecule is O=C(CO)[C@@H](O)[C@H](O)[C@H](O)C[N+](=O)[O-]. The van der Waals surface area contributed by atoms with Crippen molar-refractivity contribution >= 4 is 5.78 Å². The lowest BCUT2D eigenvalue weighted by Crippen LogP contribution is -2.45. The lowest BCUT2D eigenvalue weighted by atomic mass is 10.0. The van der Waals surface area contributed by atoms with Crippen LogP contribution in [0.1, 0.15) is 0 Å². The smallest absolute Gasteiger partial charge is 0.232 e. The van der Waals surface area contributed by atoms with E-state index in [0.29, 0.717) is 0 Å². The molecule has 3 atom stereocenters.